The summed E-state index contributed by atoms with van der Waals surface area (Å²) in [7, 11) is 0. The zero-order valence-corrected chi connectivity index (χ0v) is 12.1. The van der Waals surface area contributed by atoms with Crippen molar-refractivity contribution in [2.24, 2.45) is 10.4 Å². The molecule has 0 aliphatic carbocycles. The Balaban J connectivity index is 1.78. The van der Waals surface area contributed by atoms with Crippen LogP contribution in [0, 0.1) is 5.41 Å². The van der Waals surface area contributed by atoms with E-state index in [1.165, 1.54) is 4.70 Å². The van der Waals surface area contributed by atoms with Crippen LogP contribution in [0.4, 0.5) is 5.69 Å². The number of hydrogen-bond donors (Lipinski definition) is 1. The molecule has 2 aromatic rings. The van der Waals surface area contributed by atoms with E-state index in [0.717, 1.165) is 28.7 Å². The van der Waals surface area contributed by atoms with Gasteiger partial charge in [-0.1, -0.05) is 25.6 Å². The molecule has 0 saturated heterocycles. The Labute approximate surface area is 115 Å². The minimum atomic E-state index is 0.317. The lowest BCUT2D eigenvalue weighted by atomic mass is 9.97. The molecule has 5 heteroatoms. The van der Waals surface area contributed by atoms with Gasteiger partial charge in [0.25, 0.3) is 0 Å². The monoisotopic (exact) mass is 277 g/mol. The van der Waals surface area contributed by atoms with E-state index in [1.54, 1.807) is 23.1 Å². The van der Waals surface area contributed by atoms with Gasteiger partial charge < -0.3 is 5.32 Å². The van der Waals surface area contributed by atoms with Crippen molar-refractivity contribution in [3.8, 4) is 0 Å². The zero-order valence-electron chi connectivity index (χ0n) is 10.4. The predicted molar refractivity (Wildman–Crippen MR) is 81.8 cm³/mol. The number of rotatable bonds is 1. The molecule has 1 aliphatic heterocycles. The Kier molecular flexibility index (Phi) is 3.03. The first kappa shape index (κ1) is 12.0. The summed E-state index contributed by atoms with van der Waals surface area (Å²) in [5, 5.41) is 4.42. The van der Waals surface area contributed by atoms with Crippen molar-refractivity contribution in [2.45, 2.75) is 13.8 Å². The topological polar surface area (TPSA) is 37.3 Å². The quantitative estimate of drug-likeness (QED) is 0.860. The van der Waals surface area contributed by atoms with Crippen molar-refractivity contribution in [3.63, 3.8) is 0 Å². The van der Waals surface area contributed by atoms with Gasteiger partial charge in [0, 0.05) is 18.0 Å². The maximum atomic E-state index is 4.60. The normalized spacial score (nSPS) is 18.7. The Hall–Kier alpha value is -1.07. The first-order chi connectivity index (χ1) is 8.62. The molecule has 0 amide bonds. The third kappa shape index (κ3) is 2.52. The van der Waals surface area contributed by atoms with E-state index in [1.807, 2.05) is 11.6 Å². The Morgan fingerprint density at radius 1 is 1.33 bits per heavy atom. The van der Waals surface area contributed by atoms with Crippen LogP contribution < -0.4 is 5.32 Å². The number of thiazole rings is 1. The number of benzene rings is 1. The summed E-state index contributed by atoms with van der Waals surface area (Å²) in [6, 6.07) is 6.24. The molecule has 18 heavy (non-hydrogen) atoms. The van der Waals surface area contributed by atoms with Crippen LogP contribution in [0.2, 0.25) is 0 Å². The van der Waals surface area contributed by atoms with Gasteiger partial charge in [-0.2, -0.15) is 0 Å². The number of nitrogens with one attached hydrogen (secondary N) is 1. The lowest BCUT2D eigenvalue weighted by Gasteiger charge is -2.27. The molecule has 1 N–H and O–H groups in total. The minimum Gasteiger partial charge on any atom is -0.335 e. The van der Waals surface area contributed by atoms with Gasteiger partial charge in [0.15, 0.2) is 5.17 Å². The number of aromatic nitrogens is 1. The second-order valence-electron chi connectivity index (χ2n) is 5.23. The van der Waals surface area contributed by atoms with Crippen molar-refractivity contribution in [2.75, 3.05) is 17.6 Å². The lowest BCUT2D eigenvalue weighted by Crippen LogP contribution is -2.27. The summed E-state index contributed by atoms with van der Waals surface area (Å²) < 4.78 is 1.21. The highest BCUT2D eigenvalue weighted by molar-refractivity contribution is 8.14. The van der Waals surface area contributed by atoms with Gasteiger partial charge in [-0.3, -0.25) is 4.99 Å². The molecule has 94 valence electrons. The molecule has 0 saturated carbocycles. The van der Waals surface area contributed by atoms with Crippen molar-refractivity contribution < 1.29 is 0 Å². The molecule has 1 aromatic carbocycles. The molecule has 3 rings (SSSR count). The second kappa shape index (κ2) is 4.55. The molecule has 0 radical (unpaired) electrons. The van der Waals surface area contributed by atoms with Crippen molar-refractivity contribution in [1.29, 1.82) is 0 Å². The lowest BCUT2D eigenvalue weighted by molar-refractivity contribution is 0.438. The van der Waals surface area contributed by atoms with Crippen LogP contribution in [0.1, 0.15) is 13.8 Å². The first-order valence-electron chi connectivity index (χ1n) is 5.90. The third-order valence-corrected chi connectivity index (χ3v) is 5.06. The van der Waals surface area contributed by atoms with Gasteiger partial charge in [0.2, 0.25) is 0 Å². The average Bonchev–Trinajstić information content (AvgIpc) is 2.79. The van der Waals surface area contributed by atoms with Gasteiger partial charge in [-0.15, -0.1) is 11.3 Å². The van der Waals surface area contributed by atoms with Crippen molar-refractivity contribution in [1.82, 2.24) is 4.98 Å². The van der Waals surface area contributed by atoms with E-state index >= 15 is 0 Å². The van der Waals surface area contributed by atoms with Gasteiger partial charge in [-0.25, -0.2) is 4.98 Å². The molecular weight excluding hydrogens is 262 g/mol. The molecule has 0 unspecified atom stereocenters. The van der Waals surface area contributed by atoms with Gasteiger partial charge >= 0.3 is 0 Å². The maximum Gasteiger partial charge on any atom is 0.161 e. The van der Waals surface area contributed by atoms with E-state index in [2.05, 4.69) is 41.3 Å². The SMILES string of the molecule is CC1(C)CN=C(Nc2ccc3ncsc3c2)SC1. The van der Waals surface area contributed by atoms with E-state index in [0.29, 0.717) is 5.41 Å². The Morgan fingerprint density at radius 2 is 2.22 bits per heavy atom. The third-order valence-electron chi connectivity index (χ3n) is 2.83. The highest BCUT2D eigenvalue weighted by Crippen LogP contribution is 2.29. The van der Waals surface area contributed by atoms with E-state index < -0.39 is 0 Å². The highest BCUT2D eigenvalue weighted by Gasteiger charge is 2.23. The average molecular weight is 277 g/mol. The van der Waals surface area contributed by atoms with Crippen molar-refractivity contribution in [3.05, 3.63) is 23.7 Å². The molecule has 0 bridgehead atoms. The first-order valence-corrected chi connectivity index (χ1v) is 7.76. The molecule has 0 fully saturated rings. The summed E-state index contributed by atoms with van der Waals surface area (Å²) in [6.07, 6.45) is 0. The van der Waals surface area contributed by atoms with Crippen molar-refractivity contribution >= 4 is 44.2 Å². The van der Waals surface area contributed by atoms with Crippen LogP contribution in [0.15, 0.2) is 28.7 Å². The predicted octanol–water partition coefficient (Wildman–Crippen LogP) is 3.84. The number of fused-ring (bicyclic) bond motifs is 1. The number of nitrogens with zero attached hydrogens (tertiary/aromatic N) is 2. The van der Waals surface area contributed by atoms with E-state index in [4.69, 9.17) is 0 Å². The molecule has 1 aromatic heterocycles. The minimum absolute atomic E-state index is 0.317. The van der Waals surface area contributed by atoms with Crippen LogP contribution in [0.5, 0.6) is 0 Å². The van der Waals surface area contributed by atoms with Crippen LogP contribution in [0.25, 0.3) is 10.2 Å². The van der Waals surface area contributed by atoms with E-state index in [9.17, 15) is 0 Å². The fraction of sp³-hybridized carbons (Fsp3) is 0.385. The van der Waals surface area contributed by atoms with E-state index in [-0.39, 0.29) is 0 Å². The van der Waals surface area contributed by atoms with Gasteiger partial charge in [0.1, 0.15) is 0 Å². The van der Waals surface area contributed by atoms with Gasteiger partial charge in [0.05, 0.1) is 15.7 Å². The second-order valence-corrected chi connectivity index (χ2v) is 7.08. The fourth-order valence-electron chi connectivity index (χ4n) is 1.77. The summed E-state index contributed by atoms with van der Waals surface area (Å²) in [4.78, 5) is 8.88. The molecule has 2 heterocycles. The molecular formula is C13H15N3S2. The highest BCUT2D eigenvalue weighted by atomic mass is 32.2. The summed E-state index contributed by atoms with van der Waals surface area (Å²) in [5.41, 5.74) is 4.35. The molecule has 3 nitrogen and oxygen atoms in total. The largest absolute Gasteiger partial charge is 0.335 e. The number of amidine groups is 1. The summed E-state index contributed by atoms with van der Waals surface area (Å²) in [6.45, 7) is 5.40. The zero-order chi connectivity index (χ0) is 12.6. The molecule has 0 atom stereocenters. The number of anilines is 1. The summed E-state index contributed by atoms with van der Waals surface area (Å²) >= 11 is 3.46. The summed E-state index contributed by atoms with van der Waals surface area (Å²) in [5.74, 6) is 1.11. The maximum absolute atomic E-state index is 4.60. The fourth-order valence-corrected chi connectivity index (χ4v) is 3.45. The Bertz CT molecular complexity index is 601. The molecule has 0 spiro atoms. The smallest absolute Gasteiger partial charge is 0.161 e. The van der Waals surface area contributed by atoms with Crippen LogP contribution in [-0.4, -0.2) is 22.4 Å². The van der Waals surface area contributed by atoms with Gasteiger partial charge in [-0.05, 0) is 23.6 Å². The standard InChI is InChI=1S/C13H15N3S2/c1-13(2)6-14-12(17-7-13)16-9-3-4-10-11(5-9)18-8-15-10/h3-5,8H,6-7H2,1-2H3,(H,14,16). The van der Waals surface area contributed by atoms with Crippen LogP contribution >= 0.6 is 23.1 Å². The number of hydrogen-bond acceptors (Lipinski definition) is 5. The number of thioether (sulfide) groups is 1. The van der Waals surface area contributed by atoms with Crippen LogP contribution in [-0.2, 0) is 0 Å². The van der Waals surface area contributed by atoms with Crippen LogP contribution in [0.3, 0.4) is 0 Å². The number of aliphatic imine (C=N–C) groups is 1. The molecule has 1 aliphatic rings. The Morgan fingerprint density at radius 3 is 3.00 bits per heavy atom.